The first-order valence-corrected chi connectivity index (χ1v) is 3.76. The van der Waals surface area contributed by atoms with Crippen molar-refractivity contribution in [3.8, 4) is 0 Å². The third kappa shape index (κ3) is 3.98. The molecule has 0 bridgehead atoms. The molecule has 0 amide bonds. The molecule has 0 aromatic carbocycles. The van der Waals surface area contributed by atoms with Gasteiger partial charge < -0.3 is 19.5 Å². The van der Waals surface area contributed by atoms with Crippen LogP contribution in [0.1, 0.15) is 19.3 Å². The lowest BCUT2D eigenvalue weighted by atomic mass is 9.97. The second-order valence-electron chi connectivity index (χ2n) is 2.51. The number of hydrogen-bond acceptors (Lipinski definition) is 4. The van der Waals surface area contributed by atoms with Gasteiger partial charge >= 0.3 is 0 Å². The van der Waals surface area contributed by atoms with Crippen LogP contribution < -0.4 is 0 Å². The highest BCUT2D eigenvalue weighted by atomic mass is 16.3. The van der Waals surface area contributed by atoms with E-state index in [-0.39, 0.29) is 19.3 Å². The van der Waals surface area contributed by atoms with Crippen LogP contribution in [0.2, 0.25) is 0 Å². The van der Waals surface area contributed by atoms with Crippen LogP contribution in [-0.4, -0.2) is 30.1 Å². The molecule has 0 unspecified atom stereocenters. The van der Waals surface area contributed by atoms with Crippen LogP contribution in [0.15, 0.2) is 0 Å². The van der Waals surface area contributed by atoms with Gasteiger partial charge in [0.15, 0.2) is 0 Å². The van der Waals surface area contributed by atoms with E-state index in [9.17, 15) is 19.5 Å². The molecule has 12 heavy (non-hydrogen) atoms. The maximum Gasteiger partial charge on any atom is 0.126 e. The molecule has 0 spiro atoms. The van der Waals surface area contributed by atoms with E-state index in [1.807, 2.05) is 0 Å². The summed E-state index contributed by atoms with van der Waals surface area (Å²) in [6, 6.07) is 0. The fourth-order valence-electron chi connectivity index (χ4n) is 0.867. The van der Waals surface area contributed by atoms with Crippen LogP contribution in [-0.2, 0) is 14.4 Å². The predicted octanol–water partition coefficient (Wildman–Crippen LogP) is -0.270. The zero-order chi connectivity index (χ0) is 9.40. The van der Waals surface area contributed by atoms with Gasteiger partial charge in [-0.2, -0.15) is 0 Å². The molecule has 4 heteroatoms. The molecule has 4 nitrogen and oxygen atoms in total. The van der Waals surface area contributed by atoms with Gasteiger partial charge in [0, 0.05) is 18.8 Å². The summed E-state index contributed by atoms with van der Waals surface area (Å²) in [6.07, 6.45) is 1.39. The Kier molecular flexibility index (Phi) is 6.09. The van der Waals surface area contributed by atoms with E-state index in [1.165, 1.54) is 0 Å². The van der Waals surface area contributed by atoms with Crippen molar-refractivity contribution in [2.45, 2.75) is 25.4 Å². The van der Waals surface area contributed by atoms with E-state index in [2.05, 4.69) is 0 Å². The average Bonchev–Trinajstić information content (AvgIpc) is 2.10. The van der Waals surface area contributed by atoms with Crippen molar-refractivity contribution < 1.29 is 19.5 Å². The number of aldehydes is 3. The Morgan fingerprint density at radius 3 is 2.25 bits per heavy atom. The van der Waals surface area contributed by atoms with Crippen LogP contribution in [0.5, 0.6) is 0 Å². The zero-order valence-corrected chi connectivity index (χ0v) is 6.68. The van der Waals surface area contributed by atoms with Crippen LogP contribution in [0.4, 0.5) is 0 Å². The fraction of sp³-hybridized carbons (Fsp3) is 0.625. The molecule has 0 aliphatic heterocycles. The molecular formula is C8H12O4. The molecule has 0 heterocycles. The topological polar surface area (TPSA) is 71.4 Å². The third-order valence-electron chi connectivity index (χ3n) is 1.62. The first-order chi connectivity index (χ1) is 5.76. The second kappa shape index (κ2) is 6.67. The Labute approximate surface area is 70.6 Å². The summed E-state index contributed by atoms with van der Waals surface area (Å²) in [5.74, 6) is -0.664. The molecule has 1 N–H and O–H groups in total. The summed E-state index contributed by atoms with van der Waals surface area (Å²) in [4.78, 5) is 30.2. The average molecular weight is 172 g/mol. The van der Waals surface area contributed by atoms with Crippen molar-refractivity contribution >= 4 is 18.9 Å². The van der Waals surface area contributed by atoms with Crippen molar-refractivity contribution in [2.24, 2.45) is 5.92 Å². The molecule has 0 aromatic heterocycles. The third-order valence-corrected chi connectivity index (χ3v) is 1.62. The van der Waals surface area contributed by atoms with Crippen LogP contribution in [0, 0.1) is 5.92 Å². The quantitative estimate of drug-likeness (QED) is 0.536. The van der Waals surface area contributed by atoms with E-state index in [0.717, 1.165) is 0 Å². The van der Waals surface area contributed by atoms with Gasteiger partial charge in [0.25, 0.3) is 0 Å². The van der Waals surface area contributed by atoms with Crippen molar-refractivity contribution in [1.29, 1.82) is 0 Å². The van der Waals surface area contributed by atoms with Crippen LogP contribution in [0.3, 0.4) is 0 Å². The number of carbonyl (C=O) groups excluding carboxylic acids is 3. The minimum absolute atomic E-state index is 0.0174. The van der Waals surface area contributed by atoms with Gasteiger partial charge in [-0.1, -0.05) is 0 Å². The summed E-state index contributed by atoms with van der Waals surface area (Å²) in [5, 5.41) is 9.22. The Hall–Kier alpha value is -1.03. The SMILES string of the molecule is O=CCC[C@H](O)[C@@H](C=O)CC=O. The largest absolute Gasteiger partial charge is 0.392 e. The molecule has 0 aliphatic carbocycles. The van der Waals surface area contributed by atoms with Gasteiger partial charge in [0.05, 0.1) is 6.10 Å². The van der Waals surface area contributed by atoms with Crippen molar-refractivity contribution in [3.63, 3.8) is 0 Å². The van der Waals surface area contributed by atoms with Gasteiger partial charge in [-0.25, -0.2) is 0 Å². The molecule has 68 valence electrons. The molecule has 2 atom stereocenters. The Morgan fingerprint density at radius 1 is 1.17 bits per heavy atom. The summed E-state index contributed by atoms with van der Waals surface area (Å²) >= 11 is 0. The lowest BCUT2D eigenvalue weighted by molar-refractivity contribution is -0.119. The summed E-state index contributed by atoms with van der Waals surface area (Å²) in [7, 11) is 0. The molecule has 0 saturated heterocycles. The Bertz CT molecular complexity index is 155. The minimum Gasteiger partial charge on any atom is -0.392 e. The molecule has 0 aliphatic rings. The highest BCUT2D eigenvalue weighted by Gasteiger charge is 2.16. The number of hydrogen-bond donors (Lipinski definition) is 1. The van der Waals surface area contributed by atoms with Gasteiger partial charge in [-0.3, -0.25) is 0 Å². The number of aliphatic hydroxyl groups is 1. The van der Waals surface area contributed by atoms with Crippen molar-refractivity contribution in [1.82, 2.24) is 0 Å². The first-order valence-electron chi connectivity index (χ1n) is 3.76. The summed E-state index contributed by atoms with van der Waals surface area (Å²) in [5.41, 5.74) is 0. The standard InChI is InChI=1S/C8H12O4/c9-4-1-2-8(12)7(6-11)3-5-10/h4-8,12H,1-3H2/t7-,8+/m1/s1. The van der Waals surface area contributed by atoms with Crippen molar-refractivity contribution in [2.75, 3.05) is 0 Å². The fourth-order valence-corrected chi connectivity index (χ4v) is 0.867. The lowest BCUT2D eigenvalue weighted by Crippen LogP contribution is -2.22. The van der Waals surface area contributed by atoms with Gasteiger partial charge in [-0.15, -0.1) is 0 Å². The molecule has 0 saturated carbocycles. The number of carbonyl (C=O) groups is 3. The predicted molar refractivity (Wildman–Crippen MR) is 41.5 cm³/mol. The van der Waals surface area contributed by atoms with Gasteiger partial charge in [-0.05, 0) is 6.42 Å². The van der Waals surface area contributed by atoms with E-state index in [1.54, 1.807) is 0 Å². The molecule has 0 fully saturated rings. The first kappa shape index (κ1) is 11.0. The monoisotopic (exact) mass is 172 g/mol. The summed E-state index contributed by atoms with van der Waals surface area (Å²) < 4.78 is 0. The van der Waals surface area contributed by atoms with E-state index < -0.39 is 12.0 Å². The van der Waals surface area contributed by atoms with Crippen LogP contribution in [0.25, 0.3) is 0 Å². The van der Waals surface area contributed by atoms with E-state index >= 15 is 0 Å². The Morgan fingerprint density at radius 2 is 1.83 bits per heavy atom. The lowest BCUT2D eigenvalue weighted by Gasteiger charge is -2.13. The maximum absolute atomic E-state index is 10.3. The number of aliphatic hydroxyl groups excluding tert-OH is 1. The van der Waals surface area contributed by atoms with E-state index in [0.29, 0.717) is 18.9 Å². The zero-order valence-electron chi connectivity index (χ0n) is 6.68. The minimum atomic E-state index is -0.877. The maximum atomic E-state index is 10.3. The van der Waals surface area contributed by atoms with E-state index in [4.69, 9.17) is 0 Å². The van der Waals surface area contributed by atoms with Gasteiger partial charge in [0.1, 0.15) is 18.9 Å². The van der Waals surface area contributed by atoms with Gasteiger partial charge in [0.2, 0.25) is 0 Å². The Balaban J connectivity index is 3.82. The summed E-state index contributed by atoms with van der Waals surface area (Å²) in [6.45, 7) is 0. The molecule has 0 aromatic rings. The van der Waals surface area contributed by atoms with Crippen LogP contribution >= 0.6 is 0 Å². The highest BCUT2D eigenvalue weighted by molar-refractivity contribution is 5.62. The smallest absolute Gasteiger partial charge is 0.126 e. The molecular weight excluding hydrogens is 160 g/mol. The molecule has 0 rings (SSSR count). The molecule has 0 radical (unpaired) electrons. The van der Waals surface area contributed by atoms with Crippen molar-refractivity contribution in [3.05, 3.63) is 0 Å². The number of rotatable bonds is 7. The second-order valence-corrected chi connectivity index (χ2v) is 2.51. The normalized spacial score (nSPS) is 14.8. The highest BCUT2D eigenvalue weighted by Crippen LogP contribution is 2.09.